The minimum atomic E-state index is -0.493. The average molecular weight is 371 g/mol. The SMILES string of the molecule is COc1cccc(CN(Cc2cccnc2)C(=O)C2CNCCO2)c1OC. The zero-order valence-electron chi connectivity index (χ0n) is 15.7. The van der Waals surface area contributed by atoms with Gasteiger partial charge < -0.3 is 24.4 Å². The van der Waals surface area contributed by atoms with Crippen molar-refractivity contribution in [2.75, 3.05) is 33.9 Å². The van der Waals surface area contributed by atoms with E-state index in [0.717, 1.165) is 17.7 Å². The molecule has 1 aliphatic heterocycles. The molecule has 7 heteroatoms. The van der Waals surface area contributed by atoms with E-state index in [0.29, 0.717) is 37.7 Å². The van der Waals surface area contributed by atoms with Crippen molar-refractivity contribution in [3.63, 3.8) is 0 Å². The van der Waals surface area contributed by atoms with Gasteiger partial charge in [0, 0.05) is 44.1 Å². The monoisotopic (exact) mass is 371 g/mol. The lowest BCUT2D eigenvalue weighted by Gasteiger charge is -2.30. The van der Waals surface area contributed by atoms with E-state index in [1.165, 1.54) is 0 Å². The molecule has 1 saturated heterocycles. The molecule has 1 fully saturated rings. The second kappa shape index (κ2) is 9.34. The van der Waals surface area contributed by atoms with E-state index in [4.69, 9.17) is 14.2 Å². The van der Waals surface area contributed by atoms with Crippen LogP contribution in [0.25, 0.3) is 0 Å². The van der Waals surface area contributed by atoms with Crippen LogP contribution < -0.4 is 14.8 Å². The van der Waals surface area contributed by atoms with E-state index in [9.17, 15) is 4.79 Å². The van der Waals surface area contributed by atoms with E-state index < -0.39 is 6.10 Å². The Morgan fingerprint density at radius 3 is 2.81 bits per heavy atom. The van der Waals surface area contributed by atoms with Crippen LogP contribution in [0.1, 0.15) is 11.1 Å². The summed E-state index contributed by atoms with van der Waals surface area (Å²) < 4.78 is 16.6. The van der Waals surface area contributed by atoms with Crippen molar-refractivity contribution in [3.8, 4) is 11.5 Å². The second-order valence-electron chi connectivity index (χ2n) is 6.27. The first-order valence-corrected chi connectivity index (χ1v) is 8.92. The topological polar surface area (TPSA) is 72.9 Å². The number of morpholine rings is 1. The van der Waals surface area contributed by atoms with Crippen LogP contribution in [-0.4, -0.2) is 55.8 Å². The van der Waals surface area contributed by atoms with Gasteiger partial charge in [-0.2, -0.15) is 0 Å². The van der Waals surface area contributed by atoms with Crippen molar-refractivity contribution >= 4 is 5.91 Å². The third kappa shape index (κ3) is 4.75. The van der Waals surface area contributed by atoms with Crippen LogP contribution in [0, 0.1) is 0 Å². The number of hydrogen-bond donors (Lipinski definition) is 1. The number of rotatable bonds is 7. The predicted octanol–water partition coefficient (Wildman–Crippen LogP) is 1.62. The summed E-state index contributed by atoms with van der Waals surface area (Å²) in [6, 6.07) is 9.48. The molecule has 0 radical (unpaired) electrons. The van der Waals surface area contributed by atoms with Crippen LogP contribution in [0.4, 0.5) is 0 Å². The number of para-hydroxylation sites is 1. The Labute approximate surface area is 159 Å². The molecule has 144 valence electrons. The standard InChI is InChI=1S/C20H25N3O4/c1-25-17-7-3-6-16(19(17)26-2)14-23(13-15-5-4-8-21-11-15)20(24)18-12-22-9-10-27-18/h3-8,11,18,22H,9-10,12-14H2,1-2H3. The molecule has 2 heterocycles. The van der Waals surface area contributed by atoms with Crippen molar-refractivity contribution < 1.29 is 19.0 Å². The van der Waals surface area contributed by atoms with Gasteiger partial charge in [0.05, 0.1) is 20.8 Å². The van der Waals surface area contributed by atoms with E-state index >= 15 is 0 Å². The number of nitrogens with zero attached hydrogens (tertiary/aromatic N) is 2. The number of methoxy groups -OCH3 is 2. The lowest BCUT2D eigenvalue weighted by atomic mass is 10.1. The third-order valence-corrected chi connectivity index (χ3v) is 4.46. The molecular formula is C20H25N3O4. The van der Waals surface area contributed by atoms with Gasteiger partial charge in [0.2, 0.25) is 0 Å². The lowest BCUT2D eigenvalue weighted by Crippen LogP contribution is -2.49. The van der Waals surface area contributed by atoms with Crippen LogP contribution >= 0.6 is 0 Å². The minimum Gasteiger partial charge on any atom is -0.493 e. The van der Waals surface area contributed by atoms with Gasteiger partial charge in [-0.15, -0.1) is 0 Å². The lowest BCUT2D eigenvalue weighted by molar-refractivity contribution is -0.146. The molecule has 1 unspecified atom stereocenters. The highest BCUT2D eigenvalue weighted by atomic mass is 16.5. The average Bonchev–Trinajstić information content (AvgIpc) is 2.73. The number of benzene rings is 1. The van der Waals surface area contributed by atoms with Gasteiger partial charge in [0.1, 0.15) is 6.10 Å². The van der Waals surface area contributed by atoms with Crippen molar-refractivity contribution in [3.05, 3.63) is 53.9 Å². The summed E-state index contributed by atoms with van der Waals surface area (Å²) >= 11 is 0. The largest absolute Gasteiger partial charge is 0.493 e. The summed E-state index contributed by atoms with van der Waals surface area (Å²) in [7, 11) is 3.20. The van der Waals surface area contributed by atoms with Crippen molar-refractivity contribution in [1.29, 1.82) is 0 Å². The summed E-state index contributed by atoms with van der Waals surface area (Å²) in [5, 5.41) is 3.21. The number of nitrogens with one attached hydrogen (secondary N) is 1. The van der Waals surface area contributed by atoms with E-state index in [1.807, 2.05) is 30.3 Å². The highest BCUT2D eigenvalue weighted by molar-refractivity contribution is 5.81. The first kappa shape index (κ1) is 19.1. The van der Waals surface area contributed by atoms with Crippen LogP contribution in [-0.2, 0) is 22.6 Å². The highest BCUT2D eigenvalue weighted by Gasteiger charge is 2.28. The number of aromatic nitrogens is 1. The van der Waals surface area contributed by atoms with E-state index in [2.05, 4.69) is 10.3 Å². The third-order valence-electron chi connectivity index (χ3n) is 4.46. The zero-order chi connectivity index (χ0) is 19.1. The smallest absolute Gasteiger partial charge is 0.253 e. The molecule has 0 aliphatic carbocycles. The minimum absolute atomic E-state index is 0.0593. The van der Waals surface area contributed by atoms with Crippen LogP contribution in [0.3, 0.4) is 0 Å². The molecule has 1 amide bonds. The normalized spacial score (nSPS) is 16.6. The summed E-state index contributed by atoms with van der Waals surface area (Å²) in [5.74, 6) is 1.21. The molecule has 1 aromatic carbocycles. The number of ether oxygens (including phenoxy) is 3. The first-order valence-electron chi connectivity index (χ1n) is 8.92. The maximum absolute atomic E-state index is 13.1. The molecule has 0 bridgehead atoms. The number of carbonyl (C=O) groups is 1. The fraction of sp³-hybridized carbons (Fsp3) is 0.400. The fourth-order valence-electron chi connectivity index (χ4n) is 3.14. The van der Waals surface area contributed by atoms with E-state index in [1.54, 1.807) is 31.5 Å². The van der Waals surface area contributed by atoms with E-state index in [-0.39, 0.29) is 5.91 Å². The molecule has 0 saturated carbocycles. The van der Waals surface area contributed by atoms with Crippen molar-refractivity contribution in [1.82, 2.24) is 15.2 Å². The fourth-order valence-corrected chi connectivity index (χ4v) is 3.14. The van der Waals surface area contributed by atoms with Crippen LogP contribution in [0.15, 0.2) is 42.7 Å². The molecule has 7 nitrogen and oxygen atoms in total. The Morgan fingerprint density at radius 2 is 2.15 bits per heavy atom. The number of pyridine rings is 1. The molecule has 1 aromatic heterocycles. The molecule has 0 spiro atoms. The van der Waals surface area contributed by atoms with Crippen molar-refractivity contribution in [2.45, 2.75) is 19.2 Å². The number of amides is 1. The van der Waals surface area contributed by atoms with Gasteiger partial charge in [0.25, 0.3) is 5.91 Å². The summed E-state index contributed by atoms with van der Waals surface area (Å²) in [5.41, 5.74) is 1.83. The van der Waals surface area contributed by atoms with Gasteiger partial charge in [0.15, 0.2) is 11.5 Å². The molecular weight excluding hydrogens is 346 g/mol. The Kier molecular flexibility index (Phi) is 6.62. The Balaban J connectivity index is 1.86. The Hall–Kier alpha value is -2.64. The van der Waals surface area contributed by atoms with Gasteiger partial charge in [-0.25, -0.2) is 0 Å². The highest BCUT2D eigenvalue weighted by Crippen LogP contribution is 2.32. The quantitative estimate of drug-likeness (QED) is 0.797. The molecule has 3 rings (SSSR count). The van der Waals surface area contributed by atoms with Crippen LogP contribution in [0.2, 0.25) is 0 Å². The maximum atomic E-state index is 13.1. The Morgan fingerprint density at radius 1 is 1.26 bits per heavy atom. The van der Waals surface area contributed by atoms with Gasteiger partial charge in [-0.1, -0.05) is 18.2 Å². The summed E-state index contributed by atoms with van der Waals surface area (Å²) in [4.78, 5) is 19.1. The van der Waals surface area contributed by atoms with Gasteiger partial charge in [-0.3, -0.25) is 9.78 Å². The molecule has 27 heavy (non-hydrogen) atoms. The number of carbonyl (C=O) groups excluding carboxylic acids is 1. The molecule has 2 aromatic rings. The summed E-state index contributed by atoms with van der Waals surface area (Å²) in [6.07, 6.45) is 2.99. The van der Waals surface area contributed by atoms with Crippen molar-refractivity contribution in [2.24, 2.45) is 0 Å². The molecule has 1 aliphatic rings. The first-order chi connectivity index (χ1) is 13.2. The van der Waals surface area contributed by atoms with Gasteiger partial charge in [-0.05, 0) is 17.7 Å². The number of hydrogen-bond acceptors (Lipinski definition) is 6. The zero-order valence-corrected chi connectivity index (χ0v) is 15.7. The Bertz CT molecular complexity index is 748. The second-order valence-corrected chi connectivity index (χ2v) is 6.27. The molecule has 1 N–H and O–H groups in total. The predicted molar refractivity (Wildman–Crippen MR) is 101 cm³/mol. The van der Waals surface area contributed by atoms with Gasteiger partial charge >= 0.3 is 0 Å². The maximum Gasteiger partial charge on any atom is 0.253 e. The van der Waals surface area contributed by atoms with Crippen LogP contribution in [0.5, 0.6) is 11.5 Å². The summed E-state index contributed by atoms with van der Waals surface area (Å²) in [6.45, 7) is 2.62. The molecule has 1 atom stereocenters.